The van der Waals surface area contributed by atoms with Crippen LogP contribution in [-0.2, 0) is 20.9 Å². The third kappa shape index (κ3) is 6.54. The van der Waals surface area contributed by atoms with E-state index in [4.69, 9.17) is 4.74 Å². The van der Waals surface area contributed by atoms with Crippen LogP contribution in [0, 0.1) is 12.7 Å². The van der Waals surface area contributed by atoms with Crippen LogP contribution < -0.4 is 5.32 Å². The smallest absolute Gasteiger partial charge is 0.316 e. The molecule has 3 aromatic carbocycles. The number of nitrogens with one attached hydrogen (secondary N) is 1. The summed E-state index contributed by atoms with van der Waals surface area (Å²) in [4.78, 5) is 24.3. The maximum Gasteiger partial charge on any atom is 0.316 e. The van der Waals surface area contributed by atoms with Gasteiger partial charge in [0.25, 0.3) is 5.91 Å². The number of nitrogens with zero attached hydrogens (tertiary/aromatic N) is 3. The molecule has 9 heteroatoms. The van der Waals surface area contributed by atoms with Crippen molar-refractivity contribution in [1.82, 2.24) is 20.1 Å². The Morgan fingerprint density at radius 1 is 0.971 bits per heavy atom. The minimum atomic E-state index is -0.550. The minimum absolute atomic E-state index is 0.0559. The molecular formula is C26H23FN4O3S. The van der Waals surface area contributed by atoms with Crippen LogP contribution in [0.4, 0.5) is 4.39 Å². The second-order valence-electron chi connectivity index (χ2n) is 7.70. The lowest BCUT2D eigenvalue weighted by molar-refractivity contribution is -0.145. The number of rotatable bonds is 9. The lowest BCUT2D eigenvalue weighted by atomic mass is 10.1. The van der Waals surface area contributed by atoms with Gasteiger partial charge in [-0.2, -0.15) is 0 Å². The average Bonchev–Trinajstić information content (AvgIpc) is 3.31. The number of esters is 1. The number of ether oxygens (including phenoxy) is 1. The number of aromatic nitrogens is 3. The number of carbonyl (C=O) groups excluding carboxylic acids is 2. The SMILES string of the molecule is Cc1ccc(CNC(=O)COC(=O)CSc2nnc(-c3ccc(F)cc3)n2-c2ccccc2)cc1. The predicted molar refractivity (Wildman–Crippen MR) is 131 cm³/mol. The van der Waals surface area contributed by atoms with Gasteiger partial charge in [0.05, 0.1) is 5.75 Å². The molecule has 0 aliphatic rings. The Kier molecular flexibility index (Phi) is 7.89. The standard InChI is InChI=1S/C26H23FN4O3S/c1-18-7-9-19(10-8-18)15-28-23(32)16-34-24(33)17-35-26-30-29-25(20-11-13-21(27)14-12-20)31(26)22-5-3-2-4-6-22/h2-14H,15-17H2,1H3,(H,28,32). The molecule has 0 bridgehead atoms. The number of halogens is 1. The van der Waals surface area contributed by atoms with Gasteiger partial charge in [-0.05, 0) is 48.9 Å². The molecule has 35 heavy (non-hydrogen) atoms. The van der Waals surface area contributed by atoms with Crippen molar-refractivity contribution < 1.29 is 18.7 Å². The highest BCUT2D eigenvalue weighted by Gasteiger charge is 2.18. The number of carbonyl (C=O) groups is 2. The fourth-order valence-corrected chi connectivity index (χ4v) is 3.98. The largest absolute Gasteiger partial charge is 0.455 e. The first-order chi connectivity index (χ1) is 17.0. The minimum Gasteiger partial charge on any atom is -0.455 e. The molecule has 0 radical (unpaired) electrons. The third-order valence-corrected chi connectivity index (χ3v) is 5.95. The maximum absolute atomic E-state index is 13.4. The molecule has 0 unspecified atom stereocenters. The molecular weight excluding hydrogens is 467 g/mol. The Balaban J connectivity index is 1.36. The van der Waals surface area contributed by atoms with Crippen molar-refractivity contribution in [2.75, 3.05) is 12.4 Å². The molecule has 1 heterocycles. The number of hydrogen-bond acceptors (Lipinski definition) is 6. The normalized spacial score (nSPS) is 10.7. The van der Waals surface area contributed by atoms with E-state index in [0.717, 1.165) is 28.6 Å². The Morgan fingerprint density at radius 2 is 1.69 bits per heavy atom. The van der Waals surface area contributed by atoms with E-state index < -0.39 is 5.97 Å². The van der Waals surface area contributed by atoms with Crippen LogP contribution >= 0.6 is 11.8 Å². The molecule has 4 aromatic rings. The lowest BCUT2D eigenvalue weighted by Gasteiger charge is -2.10. The van der Waals surface area contributed by atoms with Crippen molar-refractivity contribution in [3.05, 3.63) is 95.8 Å². The van der Waals surface area contributed by atoms with Crippen molar-refractivity contribution in [1.29, 1.82) is 0 Å². The van der Waals surface area contributed by atoms with E-state index in [9.17, 15) is 14.0 Å². The summed E-state index contributed by atoms with van der Waals surface area (Å²) in [5.74, 6) is -0.816. The Bertz CT molecular complexity index is 1290. The molecule has 0 saturated heterocycles. The van der Waals surface area contributed by atoms with Gasteiger partial charge in [0.1, 0.15) is 5.82 Å². The summed E-state index contributed by atoms with van der Waals surface area (Å²) in [5.41, 5.74) is 3.58. The lowest BCUT2D eigenvalue weighted by Crippen LogP contribution is -2.28. The summed E-state index contributed by atoms with van der Waals surface area (Å²) in [6, 6.07) is 23.2. The van der Waals surface area contributed by atoms with Gasteiger partial charge in [-0.1, -0.05) is 59.8 Å². The number of amides is 1. The summed E-state index contributed by atoms with van der Waals surface area (Å²) < 4.78 is 20.3. The van der Waals surface area contributed by atoms with Crippen molar-refractivity contribution in [2.24, 2.45) is 0 Å². The van der Waals surface area contributed by atoms with Crippen LogP contribution in [0.25, 0.3) is 17.1 Å². The van der Waals surface area contributed by atoms with Crippen LogP contribution in [-0.4, -0.2) is 39.0 Å². The van der Waals surface area contributed by atoms with E-state index >= 15 is 0 Å². The summed E-state index contributed by atoms with van der Waals surface area (Å²) in [6.07, 6.45) is 0. The summed E-state index contributed by atoms with van der Waals surface area (Å²) in [5, 5.41) is 11.7. The number of benzene rings is 3. The monoisotopic (exact) mass is 490 g/mol. The van der Waals surface area contributed by atoms with E-state index in [2.05, 4.69) is 15.5 Å². The molecule has 178 valence electrons. The topological polar surface area (TPSA) is 86.1 Å². The van der Waals surface area contributed by atoms with Gasteiger partial charge < -0.3 is 10.1 Å². The van der Waals surface area contributed by atoms with Crippen molar-refractivity contribution in [3.8, 4) is 17.1 Å². The molecule has 1 amide bonds. The van der Waals surface area contributed by atoms with E-state index in [1.165, 1.54) is 12.1 Å². The van der Waals surface area contributed by atoms with Crippen molar-refractivity contribution >= 4 is 23.6 Å². The second kappa shape index (κ2) is 11.4. The van der Waals surface area contributed by atoms with Gasteiger partial charge in [0.15, 0.2) is 17.6 Å². The molecule has 0 fully saturated rings. The maximum atomic E-state index is 13.4. The molecule has 0 spiro atoms. The van der Waals surface area contributed by atoms with Gasteiger partial charge in [0.2, 0.25) is 0 Å². The van der Waals surface area contributed by atoms with Gasteiger partial charge in [-0.15, -0.1) is 10.2 Å². The molecule has 4 rings (SSSR count). The molecule has 0 aliphatic carbocycles. The number of thioether (sulfide) groups is 1. The third-order valence-electron chi connectivity index (χ3n) is 5.04. The predicted octanol–water partition coefficient (Wildman–Crippen LogP) is 4.33. The Labute approximate surface area is 206 Å². The van der Waals surface area contributed by atoms with E-state index in [0.29, 0.717) is 23.1 Å². The van der Waals surface area contributed by atoms with E-state index in [1.54, 1.807) is 16.7 Å². The summed E-state index contributed by atoms with van der Waals surface area (Å²) in [6.45, 7) is 1.99. The van der Waals surface area contributed by atoms with Gasteiger partial charge >= 0.3 is 5.97 Å². The van der Waals surface area contributed by atoms with Crippen molar-refractivity contribution in [3.63, 3.8) is 0 Å². The van der Waals surface area contributed by atoms with Crippen LogP contribution in [0.2, 0.25) is 0 Å². The number of aryl methyl sites for hydroxylation is 1. The molecule has 1 N–H and O–H groups in total. The first kappa shape index (κ1) is 24.2. The zero-order valence-electron chi connectivity index (χ0n) is 19.0. The van der Waals surface area contributed by atoms with Crippen molar-refractivity contribution in [2.45, 2.75) is 18.6 Å². The van der Waals surface area contributed by atoms with Crippen LogP contribution in [0.1, 0.15) is 11.1 Å². The number of para-hydroxylation sites is 1. The quantitative estimate of drug-likeness (QED) is 0.278. The zero-order chi connectivity index (χ0) is 24.6. The Hall–Kier alpha value is -3.98. The first-order valence-electron chi connectivity index (χ1n) is 10.9. The highest BCUT2D eigenvalue weighted by atomic mass is 32.2. The molecule has 7 nitrogen and oxygen atoms in total. The van der Waals surface area contributed by atoms with E-state index in [1.807, 2.05) is 61.5 Å². The van der Waals surface area contributed by atoms with Gasteiger partial charge in [-0.25, -0.2) is 4.39 Å². The highest BCUT2D eigenvalue weighted by Crippen LogP contribution is 2.28. The Morgan fingerprint density at radius 3 is 2.40 bits per heavy atom. The molecule has 0 saturated carbocycles. The molecule has 0 atom stereocenters. The highest BCUT2D eigenvalue weighted by molar-refractivity contribution is 7.99. The fourth-order valence-electron chi connectivity index (χ4n) is 3.23. The first-order valence-corrected chi connectivity index (χ1v) is 11.9. The number of hydrogen-bond donors (Lipinski definition) is 1. The van der Waals surface area contributed by atoms with Crippen LogP contribution in [0.3, 0.4) is 0 Å². The molecule has 1 aromatic heterocycles. The zero-order valence-corrected chi connectivity index (χ0v) is 19.8. The van der Waals surface area contributed by atoms with Crippen LogP contribution in [0.15, 0.2) is 84.0 Å². The van der Waals surface area contributed by atoms with E-state index in [-0.39, 0.29) is 24.1 Å². The molecule has 0 aliphatic heterocycles. The van der Waals surface area contributed by atoms with Gasteiger partial charge in [0, 0.05) is 17.8 Å². The van der Waals surface area contributed by atoms with Crippen LogP contribution in [0.5, 0.6) is 0 Å². The average molecular weight is 491 g/mol. The fraction of sp³-hybridized carbons (Fsp3) is 0.154. The van der Waals surface area contributed by atoms with Gasteiger partial charge in [-0.3, -0.25) is 14.2 Å². The second-order valence-corrected chi connectivity index (χ2v) is 8.64. The summed E-state index contributed by atoms with van der Waals surface area (Å²) in [7, 11) is 0. The summed E-state index contributed by atoms with van der Waals surface area (Å²) >= 11 is 1.14.